The lowest BCUT2D eigenvalue weighted by molar-refractivity contribution is 0.530. The number of pyridine rings is 1. The molecule has 0 radical (unpaired) electrons. The van der Waals surface area contributed by atoms with Gasteiger partial charge in [-0.25, -0.2) is 0 Å². The Kier molecular flexibility index (Phi) is 5.79. The molecule has 0 spiro atoms. The summed E-state index contributed by atoms with van der Waals surface area (Å²) in [7, 11) is 1.95. The van der Waals surface area contributed by atoms with Crippen molar-refractivity contribution in [2.75, 3.05) is 7.05 Å². The zero-order valence-corrected chi connectivity index (χ0v) is 14.9. The van der Waals surface area contributed by atoms with E-state index in [1.54, 1.807) is 6.20 Å². The summed E-state index contributed by atoms with van der Waals surface area (Å²) in [6, 6.07) is 3.97. The minimum absolute atomic E-state index is 0.130. The van der Waals surface area contributed by atoms with Crippen molar-refractivity contribution < 1.29 is 0 Å². The second kappa shape index (κ2) is 7.38. The first-order chi connectivity index (χ1) is 10.1. The molecule has 0 aromatic carbocycles. The van der Waals surface area contributed by atoms with E-state index in [1.807, 2.05) is 19.2 Å². The van der Waals surface area contributed by atoms with Crippen LogP contribution in [0.1, 0.15) is 37.0 Å². The molecule has 21 heavy (non-hydrogen) atoms. The minimum atomic E-state index is 0.130. The fraction of sp³-hybridized carbons (Fsp3) is 0.467. The van der Waals surface area contributed by atoms with Crippen LogP contribution in [0.5, 0.6) is 0 Å². The van der Waals surface area contributed by atoms with E-state index in [1.165, 1.54) is 5.69 Å². The summed E-state index contributed by atoms with van der Waals surface area (Å²) >= 11 is 9.60. The maximum absolute atomic E-state index is 5.91. The van der Waals surface area contributed by atoms with E-state index in [0.29, 0.717) is 5.02 Å². The van der Waals surface area contributed by atoms with Crippen molar-refractivity contribution in [2.24, 2.45) is 0 Å². The van der Waals surface area contributed by atoms with E-state index >= 15 is 0 Å². The number of halogens is 2. The zero-order valence-electron chi connectivity index (χ0n) is 12.5. The molecule has 6 heteroatoms. The van der Waals surface area contributed by atoms with Gasteiger partial charge in [0.05, 0.1) is 32.6 Å². The van der Waals surface area contributed by atoms with Crippen molar-refractivity contribution in [1.29, 1.82) is 0 Å². The first-order valence-electron chi connectivity index (χ1n) is 7.13. The van der Waals surface area contributed by atoms with Crippen LogP contribution >= 0.6 is 27.5 Å². The summed E-state index contributed by atoms with van der Waals surface area (Å²) < 4.78 is 3.17. The summed E-state index contributed by atoms with van der Waals surface area (Å²) in [6.07, 6.45) is 3.43. The van der Waals surface area contributed by atoms with Crippen LogP contribution in [0.3, 0.4) is 0 Å². The van der Waals surface area contributed by atoms with Gasteiger partial charge < -0.3 is 5.32 Å². The van der Waals surface area contributed by atoms with Crippen LogP contribution in [0.15, 0.2) is 22.8 Å². The van der Waals surface area contributed by atoms with Crippen LogP contribution < -0.4 is 5.32 Å². The summed E-state index contributed by atoms with van der Waals surface area (Å²) in [5.41, 5.74) is 3.28. The highest BCUT2D eigenvalue weighted by Gasteiger charge is 2.19. The second-order valence-electron chi connectivity index (χ2n) is 4.82. The first-order valence-corrected chi connectivity index (χ1v) is 8.30. The average molecular weight is 372 g/mol. The van der Waals surface area contributed by atoms with Crippen molar-refractivity contribution in [3.05, 3.63) is 44.9 Å². The second-order valence-corrected chi connectivity index (χ2v) is 6.05. The van der Waals surface area contributed by atoms with Crippen molar-refractivity contribution >= 4 is 27.5 Å². The van der Waals surface area contributed by atoms with Crippen LogP contribution in [0.25, 0.3) is 0 Å². The molecule has 2 aromatic rings. The lowest BCUT2D eigenvalue weighted by Crippen LogP contribution is -2.21. The van der Waals surface area contributed by atoms with Gasteiger partial charge in [-0.15, -0.1) is 0 Å². The maximum Gasteiger partial charge on any atom is 0.0766 e. The Hall–Kier alpha value is -0.910. The van der Waals surface area contributed by atoms with E-state index in [9.17, 15) is 0 Å². The topological polar surface area (TPSA) is 42.7 Å². The summed E-state index contributed by atoms with van der Waals surface area (Å²) in [5, 5.41) is 8.62. The number of hydrogen-bond donors (Lipinski definition) is 1. The molecule has 114 valence electrons. The maximum atomic E-state index is 5.91. The number of nitrogens with zero attached hydrogens (tertiary/aromatic N) is 3. The molecule has 1 atom stereocenters. The molecule has 0 fully saturated rings. The molecule has 2 rings (SSSR count). The van der Waals surface area contributed by atoms with E-state index < -0.39 is 0 Å². The van der Waals surface area contributed by atoms with Crippen molar-refractivity contribution in [2.45, 2.75) is 39.3 Å². The van der Waals surface area contributed by atoms with Gasteiger partial charge in [-0.1, -0.05) is 18.5 Å². The Labute approximate surface area is 139 Å². The molecular formula is C15H20BrClN4. The smallest absolute Gasteiger partial charge is 0.0766 e. The number of aryl methyl sites for hydroxylation is 2. The van der Waals surface area contributed by atoms with Gasteiger partial charge in [0.25, 0.3) is 0 Å². The predicted octanol–water partition coefficient (Wildman–Crippen LogP) is 3.78. The van der Waals surface area contributed by atoms with Gasteiger partial charge in [-0.3, -0.25) is 9.67 Å². The molecular weight excluding hydrogens is 352 g/mol. The highest BCUT2D eigenvalue weighted by molar-refractivity contribution is 9.10. The molecule has 0 aliphatic carbocycles. The normalized spacial score (nSPS) is 12.6. The Morgan fingerprint density at radius 3 is 2.67 bits per heavy atom. The molecule has 1 N–H and O–H groups in total. The van der Waals surface area contributed by atoms with E-state index in [4.69, 9.17) is 11.6 Å². The van der Waals surface area contributed by atoms with Crippen molar-refractivity contribution in [1.82, 2.24) is 20.1 Å². The molecule has 0 saturated heterocycles. The molecule has 2 heterocycles. The molecule has 4 nitrogen and oxygen atoms in total. The van der Waals surface area contributed by atoms with Crippen LogP contribution in [-0.4, -0.2) is 21.8 Å². The number of hydrogen-bond acceptors (Lipinski definition) is 3. The van der Waals surface area contributed by atoms with Crippen LogP contribution in [0.4, 0.5) is 0 Å². The van der Waals surface area contributed by atoms with E-state index in [0.717, 1.165) is 35.2 Å². The van der Waals surface area contributed by atoms with Crippen molar-refractivity contribution in [3.63, 3.8) is 0 Å². The molecule has 0 aliphatic heterocycles. The Balaban J connectivity index is 2.30. The fourth-order valence-electron chi connectivity index (χ4n) is 2.35. The Bertz CT molecular complexity index is 594. The molecule has 1 unspecified atom stereocenters. The summed E-state index contributed by atoms with van der Waals surface area (Å²) in [5.74, 6) is 0. The minimum Gasteiger partial charge on any atom is -0.311 e. The molecule has 0 bridgehead atoms. The number of likely N-dealkylation sites (N-methyl/N-ethyl adjacent to an activating group) is 1. The lowest BCUT2D eigenvalue weighted by atomic mass is 10.1. The third-order valence-corrected chi connectivity index (χ3v) is 4.69. The lowest BCUT2D eigenvalue weighted by Gasteiger charge is -2.16. The number of rotatable bonds is 6. The molecule has 2 aromatic heterocycles. The number of aromatic nitrogens is 3. The quantitative estimate of drug-likeness (QED) is 0.840. The third-order valence-electron chi connectivity index (χ3n) is 3.55. The summed E-state index contributed by atoms with van der Waals surface area (Å²) in [6.45, 7) is 5.09. The number of nitrogens with one attached hydrogen (secondary N) is 1. The monoisotopic (exact) mass is 370 g/mol. The third kappa shape index (κ3) is 3.65. The summed E-state index contributed by atoms with van der Waals surface area (Å²) in [4.78, 5) is 4.42. The molecule has 0 aliphatic rings. The Morgan fingerprint density at radius 1 is 1.38 bits per heavy atom. The zero-order chi connectivity index (χ0) is 15.4. The van der Waals surface area contributed by atoms with Gasteiger partial charge in [-0.2, -0.15) is 5.10 Å². The van der Waals surface area contributed by atoms with Gasteiger partial charge in [0.1, 0.15) is 0 Å². The van der Waals surface area contributed by atoms with E-state index in [-0.39, 0.29) is 6.04 Å². The average Bonchev–Trinajstić information content (AvgIpc) is 2.81. The van der Waals surface area contributed by atoms with Crippen molar-refractivity contribution in [3.8, 4) is 0 Å². The van der Waals surface area contributed by atoms with E-state index in [2.05, 4.69) is 49.9 Å². The Morgan fingerprint density at radius 2 is 2.14 bits per heavy atom. The largest absolute Gasteiger partial charge is 0.311 e. The predicted molar refractivity (Wildman–Crippen MR) is 89.7 cm³/mol. The van der Waals surface area contributed by atoms with Gasteiger partial charge in [0, 0.05) is 19.2 Å². The van der Waals surface area contributed by atoms with Gasteiger partial charge in [0.15, 0.2) is 0 Å². The molecule has 0 amide bonds. The first kappa shape index (κ1) is 16.5. The van der Waals surface area contributed by atoms with Crippen LogP contribution in [0.2, 0.25) is 5.02 Å². The van der Waals surface area contributed by atoms with Gasteiger partial charge in [0.2, 0.25) is 0 Å². The standard InChI is InChI=1S/C15H20BrClN4/c1-4-11-15(16)14(21(5-2)20-11)8-13(18-3)12-7-6-10(17)9-19-12/h6-7,9,13,18H,4-5,8H2,1-3H3. The van der Waals surface area contributed by atoms with Gasteiger partial charge in [-0.05, 0) is 48.5 Å². The van der Waals surface area contributed by atoms with Gasteiger partial charge >= 0.3 is 0 Å². The molecule has 0 saturated carbocycles. The highest BCUT2D eigenvalue weighted by Crippen LogP contribution is 2.27. The fourth-order valence-corrected chi connectivity index (χ4v) is 3.19. The SMILES string of the molecule is CCc1nn(CC)c(CC(NC)c2ccc(Cl)cn2)c1Br. The highest BCUT2D eigenvalue weighted by atomic mass is 79.9. The van der Waals surface area contributed by atoms with Crippen LogP contribution in [0, 0.1) is 0 Å². The van der Waals surface area contributed by atoms with Crippen LogP contribution in [-0.2, 0) is 19.4 Å².